The Morgan fingerprint density at radius 1 is 1.17 bits per heavy atom. The third-order valence-corrected chi connectivity index (χ3v) is 6.31. The highest BCUT2D eigenvalue weighted by molar-refractivity contribution is 5.75. The van der Waals surface area contributed by atoms with Crippen LogP contribution in [-0.4, -0.2) is 66.6 Å². The van der Waals surface area contributed by atoms with Gasteiger partial charge in [-0.2, -0.15) is 0 Å². The Hall–Kier alpha value is -2.60. The van der Waals surface area contributed by atoms with Crippen LogP contribution in [0.15, 0.2) is 42.6 Å². The highest BCUT2D eigenvalue weighted by atomic mass is 16.5. The predicted molar refractivity (Wildman–Crippen MR) is 113 cm³/mol. The van der Waals surface area contributed by atoms with Gasteiger partial charge in [-0.25, -0.2) is 9.78 Å². The number of carbonyl (C=O) groups is 1. The summed E-state index contributed by atoms with van der Waals surface area (Å²) in [7, 11) is 5.35. The van der Waals surface area contributed by atoms with Crippen LogP contribution in [0.2, 0.25) is 0 Å². The molecule has 6 nitrogen and oxygen atoms in total. The van der Waals surface area contributed by atoms with E-state index < -0.39 is 0 Å². The van der Waals surface area contributed by atoms with E-state index in [-0.39, 0.29) is 12.1 Å². The van der Waals surface area contributed by atoms with Crippen molar-refractivity contribution in [2.45, 2.75) is 19.5 Å². The quantitative estimate of drug-likeness (QED) is 0.799. The van der Waals surface area contributed by atoms with Gasteiger partial charge < -0.3 is 14.5 Å². The Morgan fingerprint density at radius 2 is 1.97 bits per heavy atom. The van der Waals surface area contributed by atoms with E-state index in [9.17, 15) is 4.79 Å². The summed E-state index contributed by atoms with van der Waals surface area (Å²) >= 11 is 0. The van der Waals surface area contributed by atoms with Crippen molar-refractivity contribution in [3.8, 4) is 5.88 Å². The van der Waals surface area contributed by atoms with Gasteiger partial charge in [0.2, 0.25) is 5.88 Å². The minimum absolute atomic E-state index is 0.105. The number of fused-ring (bicyclic) bond motifs is 1. The minimum Gasteiger partial charge on any atom is -0.481 e. The zero-order valence-electron chi connectivity index (χ0n) is 17.7. The van der Waals surface area contributed by atoms with Gasteiger partial charge in [-0.3, -0.25) is 4.90 Å². The highest BCUT2D eigenvalue weighted by Crippen LogP contribution is 2.46. The van der Waals surface area contributed by atoms with Gasteiger partial charge in [0.05, 0.1) is 13.2 Å². The molecule has 0 radical (unpaired) electrons. The predicted octanol–water partition coefficient (Wildman–Crippen LogP) is 3.19. The molecule has 29 heavy (non-hydrogen) atoms. The van der Waals surface area contributed by atoms with E-state index in [1.54, 1.807) is 18.2 Å². The Labute approximate surface area is 173 Å². The van der Waals surface area contributed by atoms with Gasteiger partial charge in [-0.05, 0) is 30.0 Å². The molecule has 2 fully saturated rings. The lowest BCUT2D eigenvalue weighted by Gasteiger charge is -2.32. The fourth-order valence-corrected chi connectivity index (χ4v) is 5.01. The van der Waals surface area contributed by atoms with Crippen molar-refractivity contribution < 1.29 is 9.53 Å². The number of urea groups is 1. The van der Waals surface area contributed by atoms with Gasteiger partial charge in [0.15, 0.2) is 0 Å². The zero-order valence-corrected chi connectivity index (χ0v) is 17.7. The molecule has 0 aliphatic carbocycles. The van der Waals surface area contributed by atoms with Crippen molar-refractivity contribution in [3.05, 3.63) is 59.3 Å². The SMILES string of the molecule is COc1ncccc1CN1C[C@@H]2CN(C(=O)N(C)C)[C@@H](c3ccccc3C)[C@@H]2C1. The summed E-state index contributed by atoms with van der Waals surface area (Å²) in [6.07, 6.45) is 1.76. The van der Waals surface area contributed by atoms with Crippen LogP contribution in [0.5, 0.6) is 5.88 Å². The number of methoxy groups -OCH3 is 1. The number of ether oxygens (including phenoxy) is 1. The summed E-state index contributed by atoms with van der Waals surface area (Å²) in [5, 5.41) is 0. The molecule has 3 heterocycles. The number of aromatic nitrogens is 1. The molecule has 2 amide bonds. The molecule has 6 heteroatoms. The van der Waals surface area contributed by atoms with E-state index in [4.69, 9.17) is 4.74 Å². The van der Waals surface area contributed by atoms with Crippen molar-refractivity contribution in [2.24, 2.45) is 11.8 Å². The van der Waals surface area contributed by atoms with Gasteiger partial charge in [0.1, 0.15) is 0 Å². The third kappa shape index (κ3) is 3.69. The smallest absolute Gasteiger partial charge is 0.320 e. The Balaban J connectivity index is 1.59. The molecule has 0 bridgehead atoms. The first-order valence-electron chi connectivity index (χ1n) is 10.2. The number of rotatable bonds is 4. The third-order valence-electron chi connectivity index (χ3n) is 6.31. The Morgan fingerprint density at radius 3 is 2.69 bits per heavy atom. The molecule has 2 saturated heterocycles. The van der Waals surface area contributed by atoms with Crippen molar-refractivity contribution >= 4 is 6.03 Å². The van der Waals surface area contributed by atoms with E-state index in [0.717, 1.165) is 31.7 Å². The minimum atomic E-state index is 0.105. The molecule has 2 aliphatic rings. The van der Waals surface area contributed by atoms with E-state index in [2.05, 4.69) is 52.0 Å². The summed E-state index contributed by atoms with van der Waals surface area (Å²) in [5.74, 6) is 1.61. The number of carbonyl (C=O) groups excluding carboxylic acids is 1. The van der Waals surface area contributed by atoms with Gasteiger partial charge >= 0.3 is 6.03 Å². The first-order valence-corrected chi connectivity index (χ1v) is 10.2. The lowest BCUT2D eigenvalue weighted by atomic mass is 9.88. The maximum Gasteiger partial charge on any atom is 0.320 e. The van der Waals surface area contributed by atoms with Crippen LogP contribution >= 0.6 is 0 Å². The van der Waals surface area contributed by atoms with Crippen molar-refractivity contribution in [2.75, 3.05) is 40.8 Å². The second-order valence-corrected chi connectivity index (χ2v) is 8.42. The topological polar surface area (TPSA) is 48.9 Å². The number of hydrogen-bond donors (Lipinski definition) is 0. The van der Waals surface area contributed by atoms with Crippen LogP contribution in [0.4, 0.5) is 4.79 Å². The molecular weight excluding hydrogens is 364 g/mol. The maximum absolute atomic E-state index is 12.9. The van der Waals surface area contributed by atoms with E-state index in [1.807, 2.05) is 20.2 Å². The van der Waals surface area contributed by atoms with Gasteiger partial charge in [-0.1, -0.05) is 30.3 Å². The summed E-state index contributed by atoms with van der Waals surface area (Å²) in [5.41, 5.74) is 3.64. The highest BCUT2D eigenvalue weighted by Gasteiger charge is 2.49. The van der Waals surface area contributed by atoms with Crippen LogP contribution < -0.4 is 4.74 Å². The lowest BCUT2D eigenvalue weighted by molar-refractivity contribution is 0.151. The zero-order chi connectivity index (χ0) is 20.5. The van der Waals surface area contributed by atoms with Crippen LogP contribution in [0.1, 0.15) is 22.7 Å². The summed E-state index contributed by atoms with van der Waals surface area (Å²) in [4.78, 5) is 23.5. The molecule has 0 N–H and O–H groups in total. The standard InChI is InChI=1S/C23H30N4O2/c1-16-8-5-6-10-19(16)21-20-15-26(12-17-9-7-11-24-22(17)29-4)13-18(20)14-27(21)23(28)25(2)3/h5-11,18,20-21H,12-15H2,1-4H3/t18-,20-,21+/m1/s1. The summed E-state index contributed by atoms with van der Waals surface area (Å²) < 4.78 is 5.43. The second-order valence-electron chi connectivity index (χ2n) is 8.42. The Kier molecular flexibility index (Phi) is 5.46. The maximum atomic E-state index is 12.9. The number of pyridine rings is 1. The van der Waals surface area contributed by atoms with Crippen molar-refractivity contribution in [3.63, 3.8) is 0 Å². The molecule has 154 valence electrons. The number of amides is 2. The fourth-order valence-electron chi connectivity index (χ4n) is 5.01. The molecular formula is C23H30N4O2. The van der Waals surface area contributed by atoms with Crippen molar-refractivity contribution in [1.82, 2.24) is 19.7 Å². The molecule has 0 saturated carbocycles. The van der Waals surface area contributed by atoms with Gasteiger partial charge in [-0.15, -0.1) is 0 Å². The number of hydrogen-bond acceptors (Lipinski definition) is 4. The molecule has 0 spiro atoms. The second kappa shape index (κ2) is 8.03. The van der Waals surface area contributed by atoms with E-state index in [1.165, 1.54) is 11.1 Å². The first kappa shape index (κ1) is 19.7. The number of likely N-dealkylation sites (tertiary alicyclic amines) is 2. The van der Waals surface area contributed by atoms with Crippen LogP contribution in [-0.2, 0) is 6.54 Å². The average Bonchev–Trinajstić information content (AvgIpc) is 3.25. The molecule has 2 aromatic rings. The van der Waals surface area contributed by atoms with Crippen LogP contribution in [0, 0.1) is 18.8 Å². The molecule has 1 aromatic carbocycles. The van der Waals surface area contributed by atoms with Crippen LogP contribution in [0.25, 0.3) is 0 Å². The monoisotopic (exact) mass is 394 g/mol. The average molecular weight is 395 g/mol. The van der Waals surface area contributed by atoms with Gasteiger partial charge in [0.25, 0.3) is 0 Å². The summed E-state index contributed by atoms with van der Waals surface area (Å²) in [6.45, 7) is 5.74. The molecule has 1 aromatic heterocycles. The van der Waals surface area contributed by atoms with Crippen molar-refractivity contribution in [1.29, 1.82) is 0 Å². The van der Waals surface area contributed by atoms with Gasteiger partial charge in [0, 0.05) is 58.0 Å². The fraction of sp³-hybridized carbons (Fsp3) is 0.478. The number of benzene rings is 1. The van der Waals surface area contributed by atoms with E-state index in [0.29, 0.717) is 17.7 Å². The lowest BCUT2D eigenvalue weighted by Crippen LogP contribution is -2.41. The molecule has 0 unspecified atom stereocenters. The Bertz CT molecular complexity index is 885. The van der Waals surface area contributed by atoms with Crippen LogP contribution in [0.3, 0.4) is 0 Å². The summed E-state index contributed by atoms with van der Waals surface area (Å²) in [6, 6.07) is 12.8. The number of nitrogens with zero attached hydrogens (tertiary/aromatic N) is 4. The number of aryl methyl sites for hydroxylation is 1. The largest absolute Gasteiger partial charge is 0.481 e. The normalized spacial score (nSPS) is 23.9. The van der Waals surface area contributed by atoms with E-state index >= 15 is 0 Å². The first-order chi connectivity index (χ1) is 14.0. The molecule has 3 atom stereocenters. The molecule has 2 aliphatic heterocycles. The molecule has 4 rings (SSSR count).